The zero-order valence-electron chi connectivity index (χ0n) is 34.6. The van der Waals surface area contributed by atoms with E-state index in [0.29, 0.717) is 0 Å². The molecule has 0 radical (unpaired) electrons. The van der Waals surface area contributed by atoms with E-state index in [2.05, 4.69) is 241 Å². The summed E-state index contributed by atoms with van der Waals surface area (Å²) in [5.41, 5.74) is 24.5. The summed E-state index contributed by atoms with van der Waals surface area (Å²) in [6.07, 6.45) is 0. The van der Waals surface area contributed by atoms with Gasteiger partial charge in [-0.2, -0.15) is 0 Å². The predicted octanol–water partition coefficient (Wildman–Crippen LogP) is 16.1. The van der Waals surface area contributed by atoms with Crippen molar-refractivity contribution in [3.8, 4) is 61.3 Å². The molecule has 13 rings (SSSR count). The Morgan fingerprint density at radius 3 is 1.52 bits per heavy atom. The van der Waals surface area contributed by atoms with Crippen LogP contribution >= 0.6 is 0 Å². The van der Waals surface area contributed by atoms with Crippen molar-refractivity contribution in [1.82, 2.24) is 4.57 Å². The minimum absolute atomic E-state index is 0.116. The van der Waals surface area contributed by atoms with Gasteiger partial charge in [-0.05, 0) is 125 Å². The summed E-state index contributed by atoms with van der Waals surface area (Å²) in [5, 5.41) is 2.51. The van der Waals surface area contributed by atoms with E-state index < -0.39 is 0 Å². The van der Waals surface area contributed by atoms with E-state index in [1.54, 1.807) is 0 Å². The third-order valence-corrected chi connectivity index (χ3v) is 13.8. The molecule has 11 aromatic rings. The molecule has 63 heavy (non-hydrogen) atoms. The summed E-state index contributed by atoms with van der Waals surface area (Å²) >= 11 is 0. The molecule has 0 spiro atoms. The molecular weight excluding hydrogens is 759 g/mol. The Labute approximate surface area is 367 Å². The minimum atomic E-state index is 0.116. The first-order valence-electron chi connectivity index (χ1n) is 22.1. The van der Waals surface area contributed by atoms with Crippen molar-refractivity contribution in [2.45, 2.75) is 11.8 Å². The number of rotatable bonds is 6. The first-order valence-corrected chi connectivity index (χ1v) is 22.1. The number of hydrogen-bond acceptors (Lipinski definition) is 0. The Hall–Kier alpha value is -8.00. The quantitative estimate of drug-likeness (QED) is 0.158. The second kappa shape index (κ2) is 14.3. The highest BCUT2D eigenvalue weighted by molar-refractivity contribution is 6.10. The van der Waals surface area contributed by atoms with Crippen LogP contribution in [0.15, 0.2) is 237 Å². The van der Waals surface area contributed by atoms with Crippen LogP contribution in [0.25, 0.3) is 83.1 Å². The van der Waals surface area contributed by atoms with Crippen LogP contribution in [-0.4, -0.2) is 4.57 Å². The molecule has 0 saturated carbocycles. The maximum absolute atomic E-state index is 2.44. The van der Waals surface area contributed by atoms with E-state index in [1.807, 2.05) is 0 Å². The fourth-order valence-corrected chi connectivity index (χ4v) is 11.0. The van der Waals surface area contributed by atoms with E-state index in [0.717, 1.165) is 5.69 Å². The molecule has 1 heterocycles. The lowest BCUT2D eigenvalue weighted by molar-refractivity contribution is 1.01. The van der Waals surface area contributed by atoms with E-state index >= 15 is 0 Å². The van der Waals surface area contributed by atoms with E-state index in [-0.39, 0.29) is 11.8 Å². The van der Waals surface area contributed by atoms with Crippen LogP contribution in [0.1, 0.15) is 45.2 Å². The van der Waals surface area contributed by atoms with Gasteiger partial charge in [-0.3, -0.25) is 0 Å². The highest BCUT2D eigenvalue weighted by atomic mass is 15.0. The molecule has 2 aliphatic rings. The van der Waals surface area contributed by atoms with Gasteiger partial charge < -0.3 is 4.57 Å². The second-order valence-corrected chi connectivity index (χ2v) is 17.1. The van der Waals surface area contributed by atoms with Gasteiger partial charge in [0.1, 0.15) is 0 Å². The maximum Gasteiger partial charge on any atom is 0.0541 e. The molecule has 294 valence electrons. The normalized spacial score (nSPS) is 13.8. The van der Waals surface area contributed by atoms with Gasteiger partial charge in [-0.1, -0.05) is 200 Å². The van der Waals surface area contributed by atoms with Crippen molar-refractivity contribution in [3.63, 3.8) is 0 Å². The van der Waals surface area contributed by atoms with Crippen molar-refractivity contribution in [3.05, 3.63) is 270 Å². The Balaban J connectivity index is 0.903. The maximum atomic E-state index is 2.44. The van der Waals surface area contributed by atoms with Gasteiger partial charge in [0.2, 0.25) is 0 Å². The predicted molar refractivity (Wildman–Crippen MR) is 263 cm³/mol. The molecule has 0 fully saturated rings. The summed E-state index contributed by atoms with van der Waals surface area (Å²) in [4.78, 5) is 0. The molecule has 0 bridgehead atoms. The van der Waals surface area contributed by atoms with Crippen LogP contribution < -0.4 is 0 Å². The van der Waals surface area contributed by atoms with Crippen molar-refractivity contribution >= 4 is 21.8 Å². The molecule has 1 nitrogen and oxygen atoms in total. The van der Waals surface area contributed by atoms with Crippen LogP contribution in [0.4, 0.5) is 0 Å². The number of fused-ring (bicyclic) bond motifs is 9. The van der Waals surface area contributed by atoms with E-state index in [9.17, 15) is 0 Å². The molecule has 0 saturated heterocycles. The SMILES string of the molecule is c1ccc(-c2cccc(-n3c4ccccc4c4cc(-c5ccc6c(c5)-c5ccccc5C6c5ccccc5-c5cccc(C6c7ccccc7-c7ccccc76)c5)ccc43)c2)cc1. The Morgan fingerprint density at radius 2 is 0.762 bits per heavy atom. The molecule has 1 atom stereocenters. The van der Waals surface area contributed by atoms with Gasteiger partial charge in [-0.15, -0.1) is 0 Å². The largest absolute Gasteiger partial charge is 0.309 e. The molecule has 0 aliphatic heterocycles. The minimum Gasteiger partial charge on any atom is -0.309 e. The summed E-state index contributed by atoms with van der Waals surface area (Å²) in [7, 11) is 0. The Morgan fingerprint density at radius 1 is 0.254 bits per heavy atom. The van der Waals surface area contributed by atoms with Crippen LogP contribution in [0.2, 0.25) is 0 Å². The van der Waals surface area contributed by atoms with Gasteiger partial charge >= 0.3 is 0 Å². The van der Waals surface area contributed by atoms with Crippen LogP contribution in [0, 0.1) is 0 Å². The van der Waals surface area contributed by atoms with Gasteiger partial charge in [0.15, 0.2) is 0 Å². The van der Waals surface area contributed by atoms with Crippen molar-refractivity contribution in [1.29, 1.82) is 0 Å². The number of para-hydroxylation sites is 1. The number of benzene rings is 10. The third-order valence-electron chi connectivity index (χ3n) is 13.8. The molecule has 2 aliphatic carbocycles. The lowest BCUT2D eigenvalue weighted by Crippen LogP contribution is -2.03. The molecule has 1 unspecified atom stereocenters. The zero-order valence-corrected chi connectivity index (χ0v) is 34.6. The Kier molecular flexibility index (Phi) is 8.11. The van der Waals surface area contributed by atoms with Gasteiger partial charge in [0.05, 0.1) is 11.0 Å². The van der Waals surface area contributed by atoms with Crippen molar-refractivity contribution < 1.29 is 0 Å². The molecule has 1 heteroatoms. The molecule has 0 amide bonds. The fourth-order valence-electron chi connectivity index (χ4n) is 11.0. The van der Waals surface area contributed by atoms with Crippen LogP contribution in [0.3, 0.4) is 0 Å². The molecule has 1 aromatic heterocycles. The van der Waals surface area contributed by atoms with E-state index in [1.165, 1.54) is 111 Å². The van der Waals surface area contributed by atoms with Gasteiger partial charge in [0.25, 0.3) is 0 Å². The second-order valence-electron chi connectivity index (χ2n) is 17.1. The fraction of sp³-hybridized carbons (Fsp3) is 0.0323. The highest BCUT2D eigenvalue weighted by Crippen LogP contribution is 2.52. The smallest absolute Gasteiger partial charge is 0.0541 e. The average Bonchev–Trinajstić information content (AvgIpc) is 4.00. The summed E-state index contributed by atoms with van der Waals surface area (Å²) < 4.78 is 2.42. The van der Waals surface area contributed by atoms with Gasteiger partial charge in [-0.25, -0.2) is 0 Å². The first kappa shape index (κ1) is 35.7. The number of hydrogen-bond donors (Lipinski definition) is 0. The van der Waals surface area contributed by atoms with Crippen LogP contribution in [0.5, 0.6) is 0 Å². The standard InChI is InChI=1S/C62H41N/c1-2-16-40(17-3-1)41-18-15-21-46(37-41)63-59-31-13-12-26-51(59)58-39-43(33-35-60(58)63)42-32-34-56-57(38-42)50-25-7-11-30-55(50)62(56)52-27-8-4-22-47(52)44-19-14-20-45(36-44)61-53-28-9-5-23-48(53)49-24-6-10-29-54(49)61/h1-39,61-62H. The first-order chi connectivity index (χ1) is 31.3. The van der Waals surface area contributed by atoms with E-state index in [4.69, 9.17) is 0 Å². The Bertz CT molecular complexity index is 3540. The van der Waals surface area contributed by atoms with Crippen LogP contribution in [-0.2, 0) is 0 Å². The third kappa shape index (κ3) is 5.63. The average molecular weight is 800 g/mol. The number of nitrogens with zero attached hydrogens (tertiary/aromatic N) is 1. The van der Waals surface area contributed by atoms with Gasteiger partial charge in [0, 0.05) is 28.3 Å². The zero-order chi connectivity index (χ0) is 41.4. The lowest BCUT2D eigenvalue weighted by Gasteiger charge is -2.20. The number of aromatic nitrogens is 1. The van der Waals surface area contributed by atoms with Crippen molar-refractivity contribution in [2.24, 2.45) is 0 Å². The molecule has 0 N–H and O–H groups in total. The summed E-state index contributed by atoms with van der Waals surface area (Å²) in [6, 6.07) is 87.9. The summed E-state index contributed by atoms with van der Waals surface area (Å²) in [5.74, 6) is 0.322. The summed E-state index contributed by atoms with van der Waals surface area (Å²) in [6.45, 7) is 0. The monoisotopic (exact) mass is 799 g/mol. The molecule has 10 aromatic carbocycles. The molecular formula is C62H41N. The van der Waals surface area contributed by atoms with Crippen molar-refractivity contribution in [2.75, 3.05) is 0 Å². The lowest BCUT2D eigenvalue weighted by atomic mass is 9.82. The highest BCUT2D eigenvalue weighted by Gasteiger charge is 2.33. The topological polar surface area (TPSA) is 4.93 Å².